The standard InChI is InChI=1S/C18H25N3/c1-4-16-12-21(14(3)10-19-16)11-15-9-13(2)20-18-8-6-5-7-17(15)18/h5-9,14,16,19H,4,10-12H2,1-3H3. The maximum atomic E-state index is 4.65. The third kappa shape index (κ3) is 3.09. The Hall–Kier alpha value is -1.45. The van der Waals surface area contributed by atoms with Gasteiger partial charge in [0, 0.05) is 42.8 Å². The number of hydrogen-bond acceptors (Lipinski definition) is 3. The van der Waals surface area contributed by atoms with Gasteiger partial charge in [0.2, 0.25) is 0 Å². The molecule has 1 aliphatic rings. The highest BCUT2D eigenvalue weighted by atomic mass is 15.2. The lowest BCUT2D eigenvalue weighted by atomic mass is 10.0. The van der Waals surface area contributed by atoms with E-state index in [1.165, 1.54) is 17.4 Å². The first kappa shape index (κ1) is 14.5. The smallest absolute Gasteiger partial charge is 0.0708 e. The minimum absolute atomic E-state index is 0.583. The molecule has 3 rings (SSSR count). The number of nitrogens with zero attached hydrogens (tertiary/aromatic N) is 2. The van der Waals surface area contributed by atoms with Gasteiger partial charge < -0.3 is 5.32 Å². The summed E-state index contributed by atoms with van der Waals surface area (Å²) in [7, 11) is 0. The lowest BCUT2D eigenvalue weighted by Gasteiger charge is -2.38. The zero-order valence-corrected chi connectivity index (χ0v) is 13.3. The van der Waals surface area contributed by atoms with E-state index in [4.69, 9.17) is 0 Å². The van der Waals surface area contributed by atoms with E-state index in [1.807, 2.05) is 0 Å². The van der Waals surface area contributed by atoms with Crippen LogP contribution in [-0.4, -0.2) is 35.1 Å². The first-order valence-electron chi connectivity index (χ1n) is 8.00. The molecule has 0 aliphatic carbocycles. The number of hydrogen-bond donors (Lipinski definition) is 1. The van der Waals surface area contributed by atoms with E-state index in [-0.39, 0.29) is 0 Å². The largest absolute Gasteiger partial charge is 0.311 e. The summed E-state index contributed by atoms with van der Waals surface area (Å²) in [4.78, 5) is 7.25. The molecule has 2 heterocycles. The Labute approximate surface area is 127 Å². The topological polar surface area (TPSA) is 28.2 Å². The highest BCUT2D eigenvalue weighted by Crippen LogP contribution is 2.22. The zero-order chi connectivity index (χ0) is 14.8. The number of aromatic nitrogens is 1. The molecule has 2 unspecified atom stereocenters. The molecule has 1 aromatic heterocycles. The van der Waals surface area contributed by atoms with Crippen LogP contribution >= 0.6 is 0 Å². The van der Waals surface area contributed by atoms with Crippen LogP contribution in [0, 0.1) is 6.92 Å². The first-order chi connectivity index (χ1) is 10.2. The van der Waals surface area contributed by atoms with Crippen molar-refractivity contribution in [3.05, 3.63) is 41.6 Å². The van der Waals surface area contributed by atoms with E-state index < -0.39 is 0 Å². The van der Waals surface area contributed by atoms with Crippen molar-refractivity contribution in [3.63, 3.8) is 0 Å². The molecule has 0 bridgehead atoms. The molecule has 0 amide bonds. The van der Waals surface area contributed by atoms with Crippen LogP contribution in [0.4, 0.5) is 0 Å². The van der Waals surface area contributed by atoms with E-state index in [2.05, 4.69) is 66.3 Å². The number of benzene rings is 1. The molecule has 3 heteroatoms. The average molecular weight is 283 g/mol. The summed E-state index contributed by atoms with van der Waals surface area (Å²) >= 11 is 0. The maximum Gasteiger partial charge on any atom is 0.0708 e. The molecule has 2 atom stereocenters. The van der Waals surface area contributed by atoms with E-state index in [0.717, 1.165) is 30.8 Å². The Kier molecular flexibility index (Phi) is 4.22. The number of piperazine rings is 1. The predicted octanol–water partition coefficient (Wildman–Crippen LogP) is 3.12. The van der Waals surface area contributed by atoms with Gasteiger partial charge in [-0.3, -0.25) is 9.88 Å². The quantitative estimate of drug-likeness (QED) is 0.938. The second kappa shape index (κ2) is 6.12. The van der Waals surface area contributed by atoms with Gasteiger partial charge >= 0.3 is 0 Å². The highest BCUT2D eigenvalue weighted by molar-refractivity contribution is 5.82. The molecule has 21 heavy (non-hydrogen) atoms. The third-order valence-electron chi connectivity index (χ3n) is 4.58. The molecule has 1 saturated heterocycles. The molecule has 2 aromatic rings. The summed E-state index contributed by atoms with van der Waals surface area (Å²) in [5.74, 6) is 0. The molecular weight excluding hydrogens is 258 g/mol. The molecule has 0 saturated carbocycles. The van der Waals surface area contributed by atoms with Crippen molar-refractivity contribution >= 4 is 10.9 Å². The summed E-state index contributed by atoms with van der Waals surface area (Å²) in [5, 5.41) is 4.92. The van der Waals surface area contributed by atoms with Gasteiger partial charge in [-0.05, 0) is 38.0 Å². The van der Waals surface area contributed by atoms with Crippen LogP contribution in [0.5, 0.6) is 0 Å². The molecule has 1 aromatic carbocycles. The van der Waals surface area contributed by atoms with Gasteiger partial charge in [-0.1, -0.05) is 25.1 Å². The highest BCUT2D eigenvalue weighted by Gasteiger charge is 2.24. The van der Waals surface area contributed by atoms with Gasteiger partial charge in [-0.25, -0.2) is 0 Å². The Morgan fingerprint density at radius 1 is 1.33 bits per heavy atom. The second-order valence-electron chi connectivity index (χ2n) is 6.23. The Morgan fingerprint density at radius 2 is 2.14 bits per heavy atom. The normalized spacial score (nSPS) is 23.6. The monoisotopic (exact) mass is 283 g/mol. The van der Waals surface area contributed by atoms with Gasteiger partial charge in [-0.15, -0.1) is 0 Å². The van der Waals surface area contributed by atoms with Gasteiger partial charge in [-0.2, -0.15) is 0 Å². The second-order valence-corrected chi connectivity index (χ2v) is 6.23. The molecule has 0 radical (unpaired) electrons. The van der Waals surface area contributed by atoms with E-state index in [9.17, 15) is 0 Å². The minimum Gasteiger partial charge on any atom is -0.311 e. The van der Waals surface area contributed by atoms with Crippen LogP contribution in [0.3, 0.4) is 0 Å². The summed E-state index contributed by atoms with van der Waals surface area (Å²) in [6.45, 7) is 9.90. The fourth-order valence-electron chi connectivity index (χ4n) is 3.23. The van der Waals surface area contributed by atoms with Crippen LogP contribution in [-0.2, 0) is 6.54 Å². The fraction of sp³-hybridized carbons (Fsp3) is 0.500. The van der Waals surface area contributed by atoms with Crippen molar-refractivity contribution in [1.29, 1.82) is 0 Å². The van der Waals surface area contributed by atoms with Crippen molar-refractivity contribution in [3.8, 4) is 0 Å². The summed E-state index contributed by atoms with van der Waals surface area (Å²) in [6, 6.07) is 11.9. The summed E-state index contributed by atoms with van der Waals surface area (Å²) < 4.78 is 0. The molecule has 3 nitrogen and oxygen atoms in total. The van der Waals surface area contributed by atoms with Crippen molar-refractivity contribution in [2.24, 2.45) is 0 Å². The number of aryl methyl sites for hydroxylation is 1. The third-order valence-corrected chi connectivity index (χ3v) is 4.58. The van der Waals surface area contributed by atoms with Gasteiger partial charge in [0.15, 0.2) is 0 Å². The summed E-state index contributed by atoms with van der Waals surface area (Å²) in [6.07, 6.45) is 1.19. The molecular formula is C18H25N3. The Bertz CT molecular complexity index is 623. The molecule has 0 spiro atoms. The number of pyridine rings is 1. The SMILES string of the molecule is CCC1CN(Cc2cc(C)nc3ccccc23)C(C)CN1. The van der Waals surface area contributed by atoms with Crippen molar-refractivity contribution < 1.29 is 0 Å². The van der Waals surface area contributed by atoms with Crippen LogP contribution in [0.2, 0.25) is 0 Å². The maximum absolute atomic E-state index is 4.65. The van der Waals surface area contributed by atoms with Crippen molar-refractivity contribution in [2.45, 2.75) is 45.8 Å². The summed E-state index contributed by atoms with van der Waals surface area (Å²) in [5.41, 5.74) is 3.63. The fourth-order valence-corrected chi connectivity index (χ4v) is 3.23. The van der Waals surface area contributed by atoms with Crippen molar-refractivity contribution in [1.82, 2.24) is 15.2 Å². The predicted molar refractivity (Wildman–Crippen MR) is 88.4 cm³/mol. The van der Waals surface area contributed by atoms with Gasteiger partial charge in [0.1, 0.15) is 0 Å². The van der Waals surface area contributed by atoms with E-state index in [1.54, 1.807) is 0 Å². The van der Waals surface area contributed by atoms with E-state index >= 15 is 0 Å². The lowest BCUT2D eigenvalue weighted by molar-refractivity contribution is 0.132. The number of para-hydroxylation sites is 1. The van der Waals surface area contributed by atoms with E-state index in [0.29, 0.717) is 12.1 Å². The zero-order valence-electron chi connectivity index (χ0n) is 13.3. The number of fused-ring (bicyclic) bond motifs is 1. The number of nitrogens with one attached hydrogen (secondary N) is 1. The van der Waals surface area contributed by atoms with Crippen LogP contribution in [0.1, 0.15) is 31.5 Å². The molecule has 1 fully saturated rings. The number of rotatable bonds is 3. The van der Waals surface area contributed by atoms with Crippen LogP contribution in [0.15, 0.2) is 30.3 Å². The lowest BCUT2D eigenvalue weighted by Crippen LogP contribution is -2.54. The van der Waals surface area contributed by atoms with Crippen LogP contribution < -0.4 is 5.32 Å². The average Bonchev–Trinajstić information content (AvgIpc) is 2.49. The van der Waals surface area contributed by atoms with Crippen LogP contribution in [0.25, 0.3) is 10.9 Å². The molecule has 112 valence electrons. The van der Waals surface area contributed by atoms with Crippen molar-refractivity contribution in [2.75, 3.05) is 13.1 Å². The Balaban J connectivity index is 1.90. The van der Waals surface area contributed by atoms with Gasteiger partial charge in [0.25, 0.3) is 0 Å². The molecule has 1 aliphatic heterocycles. The minimum atomic E-state index is 0.583. The van der Waals surface area contributed by atoms with Gasteiger partial charge in [0.05, 0.1) is 5.52 Å². The first-order valence-corrected chi connectivity index (χ1v) is 8.00. The Morgan fingerprint density at radius 3 is 2.95 bits per heavy atom. The molecule has 1 N–H and O–H groups in total.